The quantitative estimate of drug-likeness (QED) is 0.644. The lowest BCUT2D eigenvalue weighted by Gasteiger charge is -2.25. The van der Waals surface area contributed by atoms with Gasteiger partial charge in [-0.15, -0.1) is 0 Å². The van der Waals surface area contributed by atoms with Crippen LogP contribution in [0.4, 0.5) is 11.4 Å². The van der Waals surface area contributed by atoms with Gasteiger partial charge in [0.25, 0.3) is 5.91 Å². The van der Waals surface area contributed by atoms with E-state index >= 15 is 0 Å². The maximum absolute atomic E-state index is 11.3. The number of aromatic nitrogens is 1. The third-order valence-electron chi connectivity index (χ3n) is 2.02. The standard InChI is InChI=1S/C8H8ClN3O2/c1-12-5-2-4(10)7(9)11-8(5)14-3-6(12)13/h2H,3,10H2,1H3. The number of halogens is 1. The second-order valence-electron chi connectivity index (χ2n) is 2.93. The van der Waals surface area contributed by atoms with Gasteiger partial charge in [0.1, 0.15) is 5.69 Å². The highest BCUT2D eigenvalue weighted by molar-refractivity contribution is 6.32. The fraction of sp³-hybridized carbons (Fsp3) is 0.250. The molecule has 74 valence electrons. The Balaban J connectivity index is 2.55. The molecule has 0 saturated carbocycles. The van der Waals surface area contributed by atoms with Gasteiger partial charge >= 0.3 is 0 Å². The van der Waals surface area contributed by atoms with Crippen molar-refractivity contribution in [1.82, 2.24) is 4.98 Å². The average Bonchev–Trinajstić information content (AvgIpc) is 2.15. The highest BCUT2D eigenvalue weighted by Gasteiger charge is 2.24. The molecular formula is C8H8ClN3O2. The molecule has 0 saturated heterocycles. The summed E-state index contributed by atoms with van der Waals surface area (Å²) in [6, 6.07) is 1.57. The van der Waals surface area contributed by atoms with E-state index in [4.69, 9.17) is 22.1 Å². The lowest BCUT2D eigenvalue weighted by atomic mass is 10.3. The summed E-state index contributed by atoms with van der Waals surface area (Å²) in [6.45, 7) is -0.0171. The first-order valence-corrected chi connectivity index (χ1v) is 4.33. The number of anilines is 2. The van der Waals surface area contributed by atoms with E-state index in [9.17, 15) is 4.79 Å². The number of amides is 1. The first-order chi connectivity index (χ1) is 6.59. The number of nitrogen functional groups attached to an aromatic ring is 1. The lowest BCUT2D eigenvalue weighted by molar-refractivity contribution is -0.121. The summed E-state index contributed by atoms with van der Waals surface area (Å²) >= 11 is 5.71. The maximum Gasteiger partial charge on any atom is 0.264 e. The van der Waals surface area contributed by atoms with Crippen LogP contribution in [0.1, 0.15) is 0 Å². The van der Waals surface area contributed by atoms with E-state index in [1.54, 1.807) is 13.1 Å². The number of carbonyl (C=O) groups excluding carboxylic acids is 1. The number of hydrogen-bond donors (Lipinski definition) is 1. The molecule has 14 heavy (non-hydrogen) atoms. The van der Waals surface area contributed by atoms with Crippen molar-refractivity contribution in [3.8, 4) is 5.88 Å². The highest BCUT2D eigenvalue weighted by Crippen LogP contribution is 2.33. The highest BCUT2D eigenvalue weighted by atomic mass is 35.5. The van der Waals surface area contributed by atoms with E-state index in [2.05, 4.69) is 4.98 Å². The number of nitrogens with two attached hydrogens (primary N) is 1. The summed E-state index contributed by atoms with van der Waals surface area (Å²) in [4.78, 5) is 16.6. The monoisotopic (exact) mass is 213 g/mol. The van der Waals surface area contributed by atoms with E-state index in [0.29, 0.717) is 17.3 Å². The Morgan fingerprint density at radius 2 is 2.43 bits per heavy atom. The van der Waals surface area contributed by atoms with Crippen molar-refractivity contribution < 1.29 is 9.53 Å². The molecule has 1 aromatic rings. The molecule has 0 spiro atoms. The van der Waals surface area contributed by atoms with Gasteiger partial charge in [0.15, 0.2) is 11.8 Å². The Hall–Kier alpha value is -1.49. The van der Waals surface area contributed by atoms with Gasteiger partial charge in [0.2, 0.25) is 5.88 Å². The number of fused-ring (bicyclic) bond motifs is 1. The number of carbonyl (C=O) groups is 1. The molecule has 0 bridgehead atoms. The molecule has 0 unspecified atom stereocenters. The van der Waals surface area contributed by atoms with Crippen LogP contribution in [0.25, 0.3) is 0 Å². The van der Waals surface area contributed by atoms with Gasteiger partial charge in [-0.3, -0.25) is 4.79 Å². The van der Waals surface area contributed by atoms with Gasteiger partial charge in [-0.05, 0) is 6.07 Å². The van der Waals surface area contributed by atoms with E-state index in [0.717, 1.165) is 0 Å². The minimum absolute atomic E-state index is 0.0171. The molecule has 2 N–H and O–H groups in total. The van der Waals surface area contributed by atoms with Crippen LogP contribution in [0.2, 0.25) is 5.15 Å². The number of pyridine rings is 1. The average molecular weight is 214 g/mol. The predicted octanol–water partition coefficient (Wildman–Crippen LogP) is 0.672. The molecule has 6 heteroatoms. The van der Waals surface area contributed by atoms with Gasteiger partial charge in [0.05, 0.1) is 5.69 Å². The zero-order valence-corrected chi connectivity index (χ0v) is 8.21. The van der Waals surface area contributed by atoms with Crippen molar-refractivity contribution in [3.05, 3.63) is 11.2 Å². The van der Waals surface area contributed by atoms with Crippen molar-refractivity contribution in [2.75, 3.05) is 24.3 Å². The summed E-state index contributed by atoms with van der Waals surface area (Å²) < 4.78 is 5.10. The molecule has 0 aromatic carbocycles. The Morgan fingerprint density at radius 1 is 1.71 bits per heavy atom. The number of rotatable bonds is 0. The Kier molecular flexibility index (Phi) is 1.96. The summed E-state index contributed by atoms with van der Waals surface area (Å²) in [5, 5.41) is 0.187. The molecule has 0 fully saturated rings. The largest absolute Gasteiger partial charge is 0.466 e. The van der Waals surface area contributed by atoms with Gasteiger partial charge in [-0.2, -0.15) is 4.98 Å². The fourth-order valence-electron chi connectivity index (χ4n) is 1.19. The zero-order valence-electron chi connectivity index (χ0n) is 7.45. The third-order valence-corrected chi connectivity index (χ3v) is 2.32. The Labute approximate surface area is 85.4 Å². The van der Waals surface area contributed by atoms with E-state index < -0.39 is 0 Å². The molecule has 1 amide bonds. The smallest absolute Gasteiger partial charge is 0.264 e. The van der Waals surface area contributed by atoms with Gasteiger partial charge in [-0.25, -0.2) is 0 Å². The normalized spacial score (nSPS) is 15.0. The van der Waals surface area contributed by atoms with Crippen LogP contribution in [-0.2, 0) is 4.79 Å². The number of nitrogens with zero attached hydrogens (tertiary/aromatic N) is 2. The molecule has 0 aliphatic carbocycles. The van der Waals surface area contributed by atoms with Gasteiger partial charge < -0.3 is 15.4 Å². The Bertz CT molecular complexity index is 408. The summed E-state index contributed by atoms with van der Waals surface area (Å²) in [6.07, 6.45) is 0. The van der Waals surface area contributed by atoms with Crippen LogP contribution in [0.3, 0.4) is 0 Å². The molecule has 0 atom stereocenters. The topological polar surface area (TPSA) is 68.5 Å². The number of hydrogen-bond acceptors (Lipinski definition) is 4. The molecule has 1 aliphatic heterocycles. The minimum Gasteiger partial charge on any atom is -0.466 e. The molecule has 0 radical (unpaired) electrons. The van der Waals surface area contributed by atoms with Crippen molar-refractivity contribution >= 4 is 28.9 Å². The molecule has 2 rings (SSSR count). The summed E-state index contributed by atoms with van der Waals surface area (Å²) in [7, 11) is 1.64. The molecule has 5 nitrogen and oxygen atoms in total. The summed E-state index contributed by atoms with van der Waals surface area (Å²) in [5.74, 6) is 0.201. The van der Waals surface area contributed by atoms with Crippen LogP contribution >= 0.6 is 11.6 Å². The molecule has 1 aliphatic rings. The zero-order chi connectivity index (χ0) is 10.3. The van der Waals surface area contributed by atoms with Crippen molar-refractivity contribution in [1.29, 1.82) is 0 Å². The summed E-state index contributed by atoms with van der Waals surface area (Å²) in [5.41, 5.74) is 6.44. The number of likely N-dealkylation sites (N-methyl/N-ethyl adjacent to an activating group) is 1. The van der Waals surface area contributed by atoms with Crippen LogP contribution in [0.5, 0.6) is 5.88 Å². The maximum atomic E-state index is 11.3. The first-order valence-electron chi connectivity index (χ1n) is 3.95. The van der Waals surface area contributed by atoms with E-state index in [1.165, 1.54) is 4.90 Å². The first kappa shape index (κ1) is 9.08. The van der Waals surface area contributed by atoms with Crippen molar-refractivity contribution in [2.24, 2.45) is 0 Å². The van der Waals surface area contributed by atoms with Crippen LogP contribution in [0.15, 0.2) is 6.07 Å². The molecule has 2 heterocycles. The Morgan fingerprint density at radius 3 is 3.14 bits per heavy atom. The SMILES string of the molecule is CN1C(=O)COc2nc(Cl)c(N)cc21. The number of ether oxygens (including phenoxy) is 1. The van der Waals surface area contributed by atoms with E-state index in [1.807, 2.05) is 0 Å². The molecular weight excluding hydrogens is 206 g/mol. The van der Waals surface area contributed by atoms with Gasteiger partial charge in [-0.1, -0.05) is 11.6 Å². The van der Waals surface area contributed by atoms with Crippen molar-refractivity contribution in [2.45, 2.75) is 0 Å². The van der Waals surface area contributed by atoms with Crippen LogP contribution in [-0.4, -0.2) is 24.5 Å². The van der Waals surface area contributed by atoms with Crippen LogP contribution in [0, 0.1) is 0 Å². The van der Waals surface area contributed by atoms with Gasteiger partial charge in [0, 0.05) is 7.05 Å². The predicted molar refractivity (Wildman–Crippen MR) is 52.6 cm³/mol. The van der Waals surface area contributed by atoms with Crippen LogP contribution < -0.4 is 15.4 Å². The molecule has 1 aromatic heterocycles. The van der Waals surface area contributed by atoms with E-state index in [-0.39, 0.29) is 17.7 Å². The third kappa shape index (κ3) is 1.26. The minimum atomic E-state index is -0.138. The lowest BCUT2D eigenvalue weighted by Crippen LogP contribution is -2.35. The second-order valence-corrected chi connectivity index (χ2v) is 3.29. The van der Waals surface area contributed by atoms with Crippen molar-refractivity contribution in [3.63, 3.8) is 0 Å². The fourth-order valence-corrected chi connectivity index (χ4v) is 1.32. The second kappa shape index (κ2) is 3.02.